The summed E-state index contributed by atoms with van der Waals surface area (Å²) in [6.07, 6.45) is 3.97. The maximum Gasteiger partial charge on any atom is 0.000709 e. The van der Waals surface area contributed by atoms with Gasteiger partial charge in [0.15, 0.2) is 0 Å². The highest BCUT2D eigenvalue weighted by Gasteiger charge is 2.15. The molecule has 0 aromatic rings. The molecule has 4 heteroatoms. The first-order valence-corrected chi connectivity index (χ1v) is 4.21. The van der Waals surface area contributed by atoms with Crippen LogP contribution in [-0.2, 0) is 0 Å². The molecule has 0 bridgehead atoms. The van der Waals surface area contributed by atoms with E-state index in [1.54, 1.807) is 0 Å². The van der Waals surface area contributed by atoms with Crippen molar-refractivity contribution in [2.24, 2.45) is 11.7 Å². The molecule has 1 saturated heterocycles. The van der Waals surface area contributed by atoms with E-state index in [9.17, 15) is 0 Å². The van der Waals surface area contributed by atoms with Gasteiger partial charge in [0, 0.05) is 6.54 Å². The van der Waals surface area contributed by atoms with Crippen LogP contribution < -0.4 is 5.73 Å². The van der Waals surface area contributed by atoms with Crippen LogP contribution in [0.2, 0.25) is 0 Å². The van der Waals surface area contributed by atoms with Gasteiger partial charge in [-0.3, -0.25) is 0 Å². The van der Waals surface area contributed by atoms with Gasteiger partial charge in [0.05, 0.1) is 0 Å². The second-order valence-corrected chi connectivity index (χ2v) is 3.35. The van der Waals surface area contributed by atoms with Crippen molar-refractivity contribution in [3.8, 4) is 0 Å². The second-order valence-electron chi connectivity index (χ2n) is 3.35. The van der Waals surface area contributed by atoms with Crippen molar-refractivity contribution in [3.63, 3.8) is 0 Å². The van der Waals surface area contributed by atoms with Gasteiger partial charge in [0.2, 0.25) is 0 Å². The molecule has 12 heavy (non-hydrogen) atoms. The minimum atomic E-state index is 0. The van der Waals surface area contributed by atoms with Gasteiger partial charge in [-0.2, -0.15) is 0 Å². The van der Waals surface area contributed by atoms with Gasteiger partial charge in [0.25, 0.3) is 0 Å². The lowest BCUT2D eigenvalue weighted by molar-refractivity contribution is 0.204. The van der Waals surface area contributed by atoms with Gasteiger partial charge in [0.1, 0.15) is 0 Å². The number of likely N-dealkylation sites (tertiary alicyclic amines) is 1. The molecule has 0 spiro atoms. The standard InChI is InChI=1S/C8H18N2.2ClH/c1-10-6-2-3-8(7-10)4-5-9;;/h8H,2-7,9H2,1H3;2*1H/t8-;;/m0../s1. The number of rotatable bonds is 2. The van der Waals surface area contributed by atoms with Crippen molar-refractivity contribution in [1.82, 2.24) is 4.90 Å². The summed E-state index contributed by atoms with van der Waals surface area (Å²) in [5.74, 6) is 0.878. The van der Waals surface area contributed by atoms with Crippen LogP contribution in [0.25, 0.3) is 0 Å². The third-order valence-corrected chi connectivity index (χ3v) is 2.30. The summed E-state index contributed by atoms with van der Waals surface area (Å²) in [6, 6.07) is 0. The minimum absolute atomic E-state index is 0. The van der Waals surface area contributed by atoms with Gasteiger partial charge in [-0.1, -0.05) is 0 Å². The topological polar surface area (TPSA) is 29.3 Å². The lowest BCUT2D eigenvalue weighted by atomic mass is 9.95. The molecule has 0 aliphatic carbocycles. The molecule has 1 aliphatic rings. The fraction of sp³-hybridized carbons (Fsp3) is 1.00. The lowest BCUT2D eigenvalue weighted by Crippen LogP contribution is -2.32. The quantitative estimate of drug-likeness (QED) is 0.756. The monoisotopic (exact) mass is 214 g/mol. The largest absolute Gasteiger partial charge is 0.330 e. The van der Waals surface area contributed by atoms with Crippen molar-refractivity contribution in [2.75, 3.05) is 26.7 Å². The number of hydrogen-bond donors (Lipinski definition) is 1. The van der Waals surface area contributed by atoms with Crippen LogP contribution in [0.3, 0.4) is 0 Å². The van der Waals surface area contributed by atoms with Crippen LogP contribution >= 0.6 is 24.8 Å². The Kier molecular flexibility index (Phi) is 10.1. The van der Waals surface area contributed by atoms with Crippen LogP contribution in [0.5, 0.6) is 0 Å². The molecule has 0 amide bonds. The highest BCUT2D eigenvalue weighted by molar-refractivity contribution is 5.85. The molecular formula is C8H20Cl2N2. The van der Waals surface area contributed by atoms with E-state index in [1.807, 2.05) is 0 Å². The Balaban J connectivity index is 0. The van der Waals surface area contributed by atoms with Crippen molar-refractivity contribution in [2.45, 2.75) is 19.3 Å². The highest BCUT2D eigenvalue weighted by atomic mass is 35.5. The predicted octanol–water partition coefficient (Wildman–Crippen LogP) is 1.52. The van der Waals surface area contributed by atoms with Crippen LogP contribution in [0.1, 0.15) is 19.3 Å². The Labute approximate surface area is 87.7 Å². The van der Waals surface area contributed by atoms with Crippen molar-refractivity contribution in [3.05, 3.63) is 0 Å². The summed E-state index contributed by atoms with van der Waals surface area (Å²) in [5.41, 5.74) is 5.49. The number of nitrogens with zero attached hydrogens (tertiary/aromatic N) is 1. The summed E-state index contributed by atoms with van der Waals surface area (Å²) in [6.45, 7) is 3.40. The summed E-state index contributed by atoms with van der Waals surface area (Å²) < 4.78 is 0. The van der Waals surface area contributed by atoms with Gasteiger partial charge in [-0.25, -0.2) is 0 Å². The Morgan fingerprint density at radius 2 is 2.08 bits per heavy atom. The zero-order chi connectivity index (χ0) is 7.40. The maximum atomic E-state index is 5.49. The number of halogens is 2. The van der Waals surface area contributed by atoms with Crippen LogP contribution in [0.4, 0.5) is 0 Å². The fourth-order valence-electron chi connectivity index (χ4n) is 1.74. The van der Waals surface area contributed by atoms with Crippen LogP contribution in [0.15, 0.2) is 0 Å². The van der Waals surface area contributed by atoms with E-state index < -0.39 is 0 Å². The predicted molar refractivity (Wildman–Crippen MR) is 58.4 cm³/mol. The highest BCUT2D eigenvalue weighted by Crippen LogP contribution is 2.16. The number of nitrogens with two attached hydrogens (primary N) is 1. The zero-order valence-electron chi connectivity index (χ0n) is 7.66. The molecule has 0 aromatic carbocycles. The molecular weight excluding hydrogens is 195 g/mol. The van der Waals surface area contributed by atoms with E-state index in [2.05, 4.69) is 11.9 Å². The summed E-state index contributed by atoms with van der Waals surface area (Å²) in [7, 11) is 2.20. The van der Waals surface area contributed by atoms with E-state index in [1.165, 1.54) is 32.4 Å². The molecule has 2 nitrogen and oxygen atoms in total. The fourth-order valence-corrected chi connectivity index (χ4v) is 1.74. The number of piperidine rings is 1. The van der Waals surface area contributed by atoms with Gasteiger partial charge in [-0.15, -0.1) is 24.8 Å². The SMILES string of the molecule is CN1CCC[C@@H](CCN)C1.Cl.Cl. The van der Waals surface area contributed by atoms with Crippen LogP contribution in [0, 0.1) is 5.92 Å². The first-order chi connectivity index (χ1) is 4.83. The minimum Gasteiger partial charge on any atom is -0.330 e. The zero-order valence-corrected chi connectivity index (χ0v) is 9.29. The van der Waals surface area contributed by atoms with E-state index in [0.717, 1.165) is 12.5 Å². The average molecular weight is 215 g/mol. The third-order valence-electron chi connectivity index (χ3n) is 2.30. The first kappa shape index (κ1) is 15.0. The third kappa shape index (κ3) is 5.20. The van der Waals surface area contributed by atoms with Crippen molar-refractivity contribution < 1.29 is 0 Å². The molecule has 1 atom stereocenters. The van der Waals surface area contributed by atoms with Gasteiger partial charge < -0.3 is 10.6 Å². The van der Waals surface area contributed by atoms with E-state index in [-0.39, 0.29) is 24.8 Å². The first-order valence-electron chi connectivity index (χ1n) is 4.21. The normalized spacial score (nSPS) is 24.0. The van der Waals surface area contributed by atoms with E-state index in [4.69, 9.17) is 5.73 Å². The molecule has 0 unspecified atom stereocenters. The second kappa shape index (κ2) is 8.11. The smallest absolute Gasteiger partial charge is 0.000709 e. The van der Waals surface area contributed by atoms with Crippen LogP contribution in [-0.4, -0.2) is 31.6 Å². The molecule has 1 aliphatic heterocycles. The Hall–Kier alpha value is 0.500. The maximum absolute atomic E-state index is 5.49. The summed E-state index contributed by atoms with van der Waals surface area (Å²) in [4.78, 5) is 2.41. The molecule has 1 heterocycles. The lowest BCUT2D eigenvalue weighted by Gasteiger charge is -2.29. The van der Waals surface area contributed by atoms with Crippen molar-refractivity contribution in [1.29, 1.82) is 0 Å². The Bertz CT molecular complexity index is 99.1. The molecule has 76 valence electrons. The molecule has 1 fully saturated rings. The summed E-state index contributed by atoms with van der Waals surface area (Å²) in [5, 5.41) is 0. The molecule has 0 saturated carbocycles. The molecule has 0 aromatic heterocycles. The van der Waals surface area contributed by atoms with E-state index in [0.29, 0.717) is 0 Å². The van der Waals surface area contributed by atoms with Gasteiger partial charge >= 0.3 is 0 Å². The van der Waals surface area contributed by atoms with E-state index >= 15 is 0 Å². The van der Waals surface area contributed by atoms with Crippen molar-refractivity contribution >= 4 is 24.8 Å². The number of hydrogen-bond acceptors (Lipinski definition) is 2. The Morgan fingerprint density at radius 3 is 2.58 bits per heavy atom. The average Bonchev–Trinajstić information content (AvgIpc) is 1.88. The molecule has 1 rings (SSSR count). The van der Waals surface area contributed by atoms with Gasteiger partial charge in [-0.05, 0) is 45.3 Å². The molecule has 0 radical (unpaired) electrons. The summed E-state index contributed by atoms with van der Waals surface area (Å²) >= 11 is 0. The Morgan fingerprint density at radius 1 is 1.42 bits per heavy atom. The molecule has 2 N–H and O–H groups in total.